The maximum atomic E-state index is 11.6. The van der Waals surface area contributed by atoms with Crippen molar-refractivity contribution in [2.75, 3.05) is 40.0 Å². The molecule has 2 aromatic rings. The highest BCUT2D eigenvalue weighted by Gasteiger charge is 2.15. The Labute approximate surface area is 164 Å². The molecule has 1 fully saturated rings. The van der Waals surface area contributed by atoms with Crippen molar-refractivity contribution < 1.29 is 14.3 Å². The summed E-state index contributed by atoms with van der Waals surface area (Å²) < 4.78 is 12.9. The van der Waals surface area contributed by atoms with Gasteiger partial charge in [-0.1, -0.05) is 0 Å². The number of carbonyl (C=O) groups excluding carboxylic acids is 1. The molecule has 0 bridgehead atoms. The van der Waals surface area contributed by atoms with Crippen LogP contribution in [-0.2, 0) is 16.1 Å². The Kier molecular flexibility index (Phi) is 6.82. The summed E-state index contributed by atoms with van der Waals surface area (Å²) in [6, 6.07) is 8.05. The second kappa shape index (κ2) is 9.30. The third kappa shape index (κ3) is 5.06. The summed E-state index contributed by atoms with van der Waals surface area (Å²) >= 11 is 1.57. The lowest BCUT2D eigenvalue weighted by Crippen LogP contribution is -2.37. The molecule has 1 aliphatic heterocycles. The Morgan fingerprint density at radius 3 is 2.56 bits per heavy atom. The fourth-order valence-electron chi connectivity index (χ4n) is 3.34. The number of hydrogen-bond donors (Lipinski definition) is 0. The zero-order chi connectivity index (χ0) is 19.2. The number of methoxy groups -OCH3 is 1. The van der Waals surface area contributed by atoms with Crippen molar-refractivity contribution >= 4 is 17.2 Å². The number of aromatic nitrogens is 1. The molecular weight excluding hydrogens is 362 g/mol. The molecule has 7 heteroatoms. The van der Waals surface area contributed by atoms with Gasteiger partial charge >= 0.3 is 0 Å². The number of hydrogen-bond acceptors (Lipinski definition) is 5. The molecule has 1 amide bonds. The third-order valence-corrected chi connectivity index (χ3v) is 5.65. The van der Waals surface area contributed by atoms with E-state index < -0.39 is 0 Å². The van der Waals surface area contributed by atoms with Crippen molar-refractivity contribution in [1.29, 1.82) is 0 Å². The van der Waals surface area contributed by atoms with E-state index in [0.717, 1.165) is 72.5 Å². The van der Waals surface area contributed by atoms with Crippen LogP contribution < -0.4 is 9.54 Å². The molecule has 0 N–H and O–H groups in total. The molecule has 6 nitrogen and oxygen atoms in total. The highest BCUT2D eigenvalue weighted by molar-refractivity contribution is 7.09. The number of morpholine rings is 1. The summed E-state index contributed by atoms with van der Waals surface area (Å²) in [6.07, 6.45) is 1.00. The summed E-state index contributed by atoms with van der Waals surface area (Å²) in [5.41, 5.74) is 2.24. The molecule has 1 aromatic carbocycles. The van der Waals surface area contributed by atoms with Gasteiger partial charge in [-0.3, -0.25) is 9.69 Å². The Bertz CT molecular complexity index is 833. The molecule has 1 aliphatic rings. The number of benzene rings is 1. The number of carbonyl (C=O) groups is 1. The summed E-state index contributed by atoms with van der Waals surface area (Å²) in [4.78, 5) is 20.2. The predicted octanol–water partition coefficient (Wildman–Crippen LogP) is 2.70. The lowest BCUT2D eigenvalue weighted by Gasteiger charge is -2.26. The number of amides is 1. The normalized spacial score (nSPS) is 15.9. The molecule has 0 unspecified atom stereocenters. The van der Waals surface area contributed by atoms with Gasteiger partial charge in [-0.25, -0.2) is 0 Å². The maximum Gasteiger partial charge on any atom is 0.245 e. The van der Waals surface area contributed by atoms with Crippen LogP contribution in [0.3, 0.4) is 0 Å². The SMILES string of the molecule is COc1ccc(-c2c(C)sc(=NC(C)=O)n2CCCN2CCOCC2)cc1. The van der Waals surface area contributed by atoms with Gasteiger partial charge in [-0.2, -0.15) is 4.99 Å². The molecule has 0 saturated carbocycles. The minimum absolute atomic E-state index is 0.167. The molecule has 1 saturated heterocycles. The van der Waals surface area contributed by atoms with E-state index in [1.54, 1.807) is 18.4 Å². The van der Waals surface area contributed by atoms with Gasteiger partial charge in [0.25, 0.3) is 0 Å². The quantitative estimate of drug-likeness (QED) is 0.762. The van der Waals surface area contributed by atoms with Gasteiger partial charge in [-0.05, 0) is 43.2 Å². The van der Waals surface area contributed by atoms with Gasteiger partial charge in [-0.15, -0.1) is 11.3 Å². The second-order valence-electron chi connectivity index (χ2n) is 6.61. The highest BCUT2D eigenvalue weighted by atomic mass is 32.1. The summed E-state index contributed by atoms with van der Waals surface area (Å²) in [5, 5.41) is 0. The monoisotopic (exact) mass is 389 g/mol. The van der Waals surface area contributed by atoms with Gasteiger partial charge in [0.2, 0.25) is 5.91 Å². The van der Waals surface area contributed by atoms with Crippen LogP contribution in [-0.4, -0.2) is 55.3 Å². The van der Waals surface area contributed by atoms with Crippen molar-refractivity contribution in [2.45, 2.75) is 26.8 Å². The van der Waals surface area contributed by atoms with Crippen LogP contribution in [0.2, 0.25) is 0 Å². The van der Waals surface area contributed by atoms with E-state index in [-0.39, 0.29) is 5.91 Å². The lowest BCUT2D eigenvalue weighted by molar-refractivity contribution is -0.116. The Balaban J connectivity index is 1.87. The molecule has 0 atom stereocenters. The third-order valence-electron chi connectivity index (χ3n) is 4.65. The molecule has 0 aliphatic carbocycles. The smallest absolute Gasteiger partial charge is 0.245 e. The number of aryl methyl sites for hydroxylation is 1. The van der Waals surface area contributed by atoms with E-state index in [2.05, 4.69) is 33.5 Å². The van der Waals surface area contributed by atoms with Crippen LogP contribution in [0.25, 0.3) is 11.3 Å². The van der Waals surface area contributed by atoms with Crippen LogP contribution >= 0.6 is 11.3 Å². The number of nitrogens with zero attached hydrogens (tertiary/aromatic N) is 3. The minimum Gasteiger partial charge on any atom is -0.497 e. The predicted molar refractivity (Wildman–Crippen MR) is 107 cm³/mol. The standard InChI is InChI=1S/C20H27N3O3S/c1-15-19(17-5-7-18(25-3)8-6-17)23(20(27-15)21-16(2)24)10-4-9-22-11-13-26-14-12-22/h5-8H,4,9-14H2,1-3H3. The van der Waals surface area contributed by atoms with E-state index in [0.29, 0.717) is 0 Å². The van der Waals surface area contributed by atoms with E-state index in [9.17, 15) is 4.79 Å². The second-order valence-corrected chi connectivity index (χ2v) is 7.79. The average Bonchev–Trinajstić information content (AvgIpc) is 2.97. The first-order valence-electron chi connectivity index (χ1n) is 9.28. The first-order chi connectivity index (χ1) is 13.1. The van der Waals surface area contributed by atoms with Crippen molar-refractivity contribution in [1.82, 2.24) is 9.47 Å². The number of rotatable bonds is 6. The molecule has 146 valence electrons. The van der Waals surface area contributed by atoms with Crippen molar-refractivity contribution in [3.8, 4) is 17.0 Å². The summed E-state index contributed by atoms with van der Waals surface area (Å²) in [7, 11) is 1.67. The number of thiazole rings is 1. The van der Waals surface area contributed by atoms with Gasteiger partial charge in [0.05, 0.1) is 26.0 Å². The molecule has 0 radical (unpaired) electrons. The Morgan fingerprint density at radius 2 is 1.93 bits per heavy atom. The van der Waals surface area contributed by atoms with Crippen LogP contribution in [0, 0.1) is 6.92 Å². The fourth-order valence-corrected chi connectivity index (χ4v) is 4.40. The zero-order valence-electron chi connectivity index (χ0n) is 16.2. The zero-order valence-corrected chi connectivity index (χ0v) is 17.1. The van der Waals surface area contributed by atoms with Gasteiger partial charge < -0.3 is 14.0 Å². The van der Waals surface area contributed by atoms with E-state index in [1.807, 2.05) is 12.1 Å². The largest absolute Gasteiger partial charge is 0.497 e. The molecule has 3 rings (SSSR count). The summed E-state index contributed by atoms with van der Waals surface area (Å²) in [6.45, 7) is 9.04. The van der Waals surface area contributed by atoms with Crippen LogP contribution in [0.1, 0.15) is 18.2 Å². The van der Waals surface area contributed by atoms with Crippen molar-refractivity contribution in [3.05, 3.63) is 33.9 Å². The summed E-state index contributed by atoms with van der Waals surface area (Å²) in [5.74, 6) is 0.665. The highest BCUT2D eigenvalue weighted by Crippen LogP contribution is 2.27. The van der Waals surface area contributed by atoms with Crippen molar-refractivity contribution in [2.24, 2.45) is 4.99 Å². The topological polar surface area (TPSA) is 56.1 Å². The molecule has 0 spiro atoms. The molecule has 1 aromatic heterocycles. The van der Waals surface area contributed by atoms with Gasteiger partial charge in [0.15, 0.2) is 4.80 Å². The molecule has 27 heavy (non-hydrogen) atoms. The maximum absolute atomic E-state index is 11.6. The lowest BCUT2D eigenvalue weighted by atomic mass is 10.1. The van der Waals surface area contributed by atoms with E-state index in [1.165, 1.54) is 6.92 Å². The van der Waals surface area contributed by atoms with E-state index in [4.69, 9.17) is 9.47 Å². The Morgan fingerprint density at radius 1 is 1.22 bits per heavy atom. The first-order valence-corrected chi connectivity index (χ1v) is 10.1. The molecular formula is C20H27N3O3S. The van der Waals surface area contributed by atoms with Gasteiger partial charge in [0, 0.05) is 38.0 Å². The van der Waals surface area contributed by atoms with Crippen LogP contribution in [0.15, 0.2) is 29.3 Å². The van der Waals surface area contributed by atoms with Gasteiger partial charge in [0.1, 0.15) is 5.75 Å². The number of ether oxygens (including phenoxy) is 2. The van der Waals surface area contributed by atoms with Crippen LogP contribution in [0.4, 0.5) is 0 Å². The van der Waals surface area contributed by atoms with Crippen molar-refractivity contribution in [3.63, 3.8) is 0 Å². The average molecular weight is 390 g/mol. The van der Waals surface area contributed by atoms with E-state index >= 15 is 0 Å². The Hall–Kier alpha value is -1.96. The molecule has 2 heterocycles. The minimum atomic E-state index is -0.167. The fraction of sp³-hybridized carbons (Fsp3) is 0.500. The first kappa shape index (κ1) is 19.8. The van der Waals surface area contributed by atoms with Crippen LogP contribution in [0.5, 0.6) is 5.75 Å².